The normalized spacial score (nSPS) is 14.3. The van der Waals surface area contributed by atoms with E-state index in [0.29, 0.717) is 13.1 Å². The lowest BCUT2D eigenvalue weighted by Gasteiger charge is -2.28. The molecule has 1 aliphatic heterocycles. The highest BCUT2D eigenvalue weighted by Gasteiger charge is 2.21. The van der Waals surface area contributed by atoms with Gasteiger partial charge in [0.15, 0.2) is 0 Å². The number of imidazole rings is 1. The van der Waals surface area contributed by atoms with Gasteiger partial charge in [-0.2, -0.15) is 0 Å². The average Bonchev–Trinajstić information content (AvgIpc) is 2.90. The van der Waals surface area contributed by atoms with Crippen molar-refractivity contribution in [3.05, 3.63) is 48.0 Å². The van der Waals surface area contributed by atoms with Gasteiger partial charge in [-0.3, -0.25) is 4.57 Å². The third-order valence-corrected chi connectivity index (χ3v) is 3.20. The van der Waals surface area contributed by atoms with Gasteiger partial charge in [-0.25, -0.2) is 9.78 Å². The van der Waals surface area contributed by atoms with E-state index in [4.69, 9.17) is 0 Å². The van der Waals surface area contributed by atoms with Gasteiger partial charge in [0.2, 0.25) is 0 Å². The molecule has 1 N–H and O–H groups in total. The number of nitrogens with zero attached hydrogens (tertiary/aromatic N) is 3. The van der Waals surface area contributed by atoms with Crippen LogP contribution in [0.15, 0.2) is 36.9 Å². The summed E-state index contributed by atoms with van der Waals surface area (Å²) in [5, 5.41) is 9.48. The molecule has 0 aliphatic carbocycles. The fraction of sp³-hybridized carbons (Fsp3) is 0.231. The van der Waals surface area contributed by atoms with E-state index in [-0.39, 0.29) is 11.8 Å². The molecular weight excluding hydrogens is 230 g/mol. The molecule has 92 valence electrons. The van der Waals surface area contributed by atoms with Crippen LogP contribution in [-0.4, -0.2) is 32.1 Å². The van der Waals surface area contributed by atoms with E-state index < -0.39 is 0 Å². The Bertz CT molecular complexity index is 578. The van der Waals surface area contributed by atoms with Crippen LogP contribution in [0.1, 0.15) is 11.1 Å². The Kier molecular flexibility index (Phi) is 2.51. The highest BCUT2D eigenvalue weighted by Crippen LogP contribution is 2.23. The first kappa shape index (κ1) is 10.8. The first-order chi connectivity index (χ1) is 8.74. The van der Waals surface area contributed by atoms with Gasteiger partial charge in [0, 0.05) is 25.5 Å². The van der Waals surface area contributed by atoms with Gasteiger partial charge in [-0.05, 0) is 29.7 Å². The molecule has 18 heavy (non-hydrogen) atoms. The lowest BCUT2D eigenvalue weighted by atomic mass is 10.00. The Morgan fingerprint density at radius 3 is 3.00 bits per heavy atom. The molecule has 2 heterocycles. The zero-order chi connectivity index (χ0) is 12.5. The summed E-state index contributed by atoms with van der Waals surface area (Å²) in [6.45, 7) is 1.22. The number of phenols is 1. The molecule has 5 heteroatoms. The average molecular weight is 243 g/mol. The third-order valence-electron chi connectivity index (χ3n) is 3.20. The molecule has 0 spiro atoms. The van der Waals surface area contributed by atoms with Gasteiger partial charge in [0.05, 0.1) is 0 Å². The number of fused-ring (bicyclic) bond motifs is 1. The van der Waals surface area contributed by atoms with Gasteiger partial charge < -0.3 is 10.0 Å². The molecule has 0 saturated carbocycles. The molecular formula is C13H13N3O2. The van der Waals surface area contributed by atoms with Gasteiger partial charge in [0.25, 0.3) is 0 Å². The van der Waals surface area contributed by atoms with Crippen molar-refractivity contribution in [1.82, 2.24) is 14.5 Å². The smallest absolute Gasteiger partial charge is 0.329 e. The second-order valence-corrected chi connectivity index (χ2v) is 4.38. The Morgan fingerprint density at radius 1 is 1.33 bits per heavy atom. The van der Waals surface area contributed by atoms with Crippen LogP contribution in [0, 0.1) is 0 Å². The minimum absolute atomic E-state index is 0.0820. The second kappa shape index (κ2) is 4.18. The predicted octanol–water partition coefficient (Wildman–Crippen LogP) is 1.62. The summed E-state index contributed by atoms with van der Waals surface area (Å²) >= 11 is 0. The van der Waals surface area contributed by atoms with E-state index in [1.165, 1.54) is 16.5 Å². The lowest BCUT2D eigenvalue weighted by molar-refractivity contribution is 0.194. The Balaban J connectivity index is 1.84. The SMILES string of the molecule is O=C(N1CCc2ccc(O)cc2C1)n1ccnc1. The number of carbonyl (C=O) groups is 1. The quantitative estimate of drug-likeness (QED) is 0.764. The molecule has 0 bridgehead atoms. The predicted molar refractivity (Wildman–Crippen MR) is 65.2 cm³/mol. The van der Waals surface area contributed by atoms with E-state index in [1.807, 2.05) is 6.07 Å². The summed E-state index contributed by atoms with van der Waals surface area (Å²) in [5.74, 6) is 0.241. The second-order valence-electron chi connectivity index (χ2n) is 4.38. The van der Waals surface area contributed by atoms with Gasteiger partial charge in [0.1, 0.15) is 12.1 Å². The number of phenolic OH excluding ortho intramolecular Hbond substituents is 1. The number of aromatic nitrogens is 2. The van der Waals surface area contributed by atoms with E-state index in [1.54, 1.807) is 29.4 Å². The summed E-state index contributed by atoms with van der Waals surface area (Å²) in [7, 11) is 0. The van der Waals surface area contributed by atoms with Crippen LogP contribution in [0.2, 0.25) is 0 Å². The molecule has 1 aromatic heterocycles. The van der Waals surface area contributed by atoms with Crippen LogP contribution in [0.5, 0.6) is 5.75 Å². The minimum atomic E-state index is -0.0820. The summed E-state index contributed by atoms with van der Waals surface area (Å²) in [6, 6.07) is 5.25. The molecule has 3 rings (SSSR count). The first-order valence-corrected chi connectivity index (χ1v) is 5.82. The summed E-state index contributed by atoms with van der Waals surface area (Å²) in [5.41, 5.74) is 2.21. The Morgan fingerprint density at radius 2 is 2.22 bits per heavy atom. The molecule has 0 fully saturated rings. The molecule has 0 unspecified atom stereocenters. The van der Waals surface area contributed by atoms with E-state index in [9.17, 15) is 9.90 Å². The Hall–Kier alpha value is -2.30. The van der Waals surface area contributed by atoms with Crippen molar-refractivity contribution in [3.63, 3.8) is 0 Å². The summed E-state index contributed by atoms with van der Waals surface area (Å²) < 4.78 is 1.47. The van der Waals surface area contributed by atoms with E-state index >= 15 is 0 Å². The fourth-order valence-corrected chi connectivity index (χ4v) is 2.24. The number of hydrogen-bond acceptors (Lipinski definition) is 3. The zero-order valence-electron chi connectivity index (χ0n) is 9.78. The lowest BCUT2D eigenvalue weighted by Crippen LogP contribution is -2.38. The van der Waals surface area contributed by atoms with Crippen molar-refractivity contribution < 1.29 is 9.90 Å². The number of aromatic hydroxyl groups is 1. The van der Waals surface area contributed by atoms with Crippen molar-refractivity contribution in [2.75, 3.05) is 6.54 Å². The molecule has 2 aromatic rings. The molecule has 0 radical (unpaired) electrons. The van der Waals surface area contributed by atoms with Crippen LogP contribution in [0.3, 0.4) is 0 Å². The molecule has 0 saturated heterocycles. The van der Waals surface area contributed by atoms with Crippen LogP contribution in [-0.2, 0) is 13.0 Å². The van der Waals surface area contributed by atoms with Crippen molar-refractivity contribution in [2.24, 2.45) is 0 Å². The number of hydrogen-bond donors (Lipinski definition) is 1. The molecule has 0 atom stereocenters. The standard InChI is InChI=1S/C13H13N3O2/c17-12-2-1-10-3-5-15(8-11(10)7-12)13(18)16-6-4-14-9-16/h1-2,4,6-7,9,17H,3,5,8H2. The number of carbonyl (C=O) groups excluding carboxylic acids is 1. The van der Waals surface area contributed by atoms with Crippen LogP contribution >= 0.6 is 0 Å². The zero-order valence-corrected chi connectivity index (χ0v) is 9.78. The summed E-state index contributed by atoms with van der Waals surface area (Å²) in [4.78, 5) is 17.8. The Labute approximate surface area is 104 Å². The summed E-state index contributed by atoms with van der Waals surface area (Å²) in [6.07, 6.45) is 5.54. The van der Waals surface area contributed by atoms with Crippen LogP contribution in [0.25, 0.3) is 0 Å². The molecule has 1 aliphatic rings. The highest BCUT2D eigenvalue weighted by molar-refractivity contribution is 5.77. The van der Waals surface area contributed by atoms with Crippen LogP contribution < -0.4 is 0 Å². The van der Waals surface area contributed by atoms with Crippen molar-refractivity contribution in [3.8, 4) is 5.75 Å². The maximum atomic E-state index is 12.1. The number of benzene rings is 1. The van der Waals surface area contributed by atoms with Crippen molar-refractivity contribution >= 4 is 6.03 Å². The van der Waals surface area contributed by atoms with Crippen LogP contribution in [0.4, 0.5) is 4.79 Å². The highest BCUT2D eigenvalue weighted by atomic mass is 16.3. The monoisotopic (exact) mass is 243 g/mol. The third kappa shape index (κ3) is 1.84. The first-order valence-electron chi connectivity index (χ1n) is 5.82. The molecule has 1 aromatic carbocycles. The number of amides is 1. The minimum Gasteiger partial charge on any atom is -0.508 e. The van der Waals surface area contributed by atoms with E-state index in [2.05, 4.69) is 4.98 Å². The van der Waals surface area contributed by atoms with Crippen molar-refractivity contribution in [1.29, 1.82) is 0 Å². The maximum absolute atomic E-state index is 12.1. The van der Waals surface area contributed by atoms with Gasteiger partial charge >= 0.3 is 6.03 Å². The van der Waals surface area contributed by atoms with Crippen molar-refractivity contribution in [2.45, 2.75) is 13.0 Å². The maximum Gasteiger partial charge on any atom is 0.329 e. The van der Waals surface area contributed by atoms with Gasteiger partial charge in [-0.1, -0.05) is 6.07 Å². The topological polar surface area (TPSA) is 58.4 Å². The number of rotatable bonds is 0. The fourth-order valence-electron chi connectivity index (χ4n) is 2.24. The molecule has 5 nitrogen and oxygen atoms in total. The van der Waals surface area contributed by atoms with Gasteiger partial charge in [-0.15, -0.1) is 0 Å². The largest absolute Gasteiger partial charge is 0.508 e. The molecule has 1 amide bonds. The van der Waals surface area contributed by atoms with E-state index in [0.717, 1.165) is 12.0 Å².